The minimum Gasteiger partial charge on any atom is -0.350 e. The molecule has 0 saturated heterocycles. The molecule has 1 atom stereocenters. The van der Waals surface area contributed by atoms with Crippen LogP contribution < -0.4 is 10.6 Å². The molecule has 1 unspecified atom stereocenters. The average Bonchev–Trinajstić information content (AvgIpc) is 2.20. The molecule has 1 amide bonds. The predicted octanol–water partition coefficient (Wildman–Crippen LogP) is 1.22. The van der Waals surface area contributed by atoms with Crippen molar-refractivity contribution < 1.29 is 4.79 Å². The summed E-state index contributed by atoms with van der Waals surface area (Å²) in [6.07, 6.45) is 1.15. The number of carbonyl (C=O) groups is 1. The first-order valence-electron chi connectivity index (χ1n) is 6.48. The van der Waals surface area contributed by atoms with E-state index in [-0.39, 0.29) is 11.4 Å². The topological polar surface area (TPSA) is 44.4 Å². The molecule has 0 aromatic carbocycles. The molecule has 0 aliphatic rings. The van der Waals surface area contributed by atoms with Gasteiger partial charge in [-0.05, 0) is 41.2 Å². The van der Waals surface area contributed by atoms with Gasteiger partial charge in [0, 0.05) is 24.7 Å². The number of likely N-dealkylation sites (N-methyl/N-ethyl adjacent to an activating group) is 1. The van der Waals surface area contributed by atoms with Crippen molar-refractivity contribution in [3.05, 3.63) is 0 Å². The summed E-state index contributed by atoms with van der Waals surface area (Å²) in [5.41, 5.74) is -0.147. The van der Waals surface area contributed by atoms with Crippen molar-refractivity contribution in [2.24, 2.45) is 0 Å². The van der Waals surface area contributed by atoms with E-state index in [4.69, 9.17) is 0 Å². The molecule has 0 rings (SSSR count). The number of carbonyl (C=O) groups excluding carboxylic acids is 1. The Morgan fingerprint density at radius 1 is 1.35 bits per heavy atom. The van der Waals surface area contributed by atoms with Crippen LogP contribution in [-0.4, -0.2) is 49.1 Å². The first-order valence-corrected chi connectivity index (χ1v) is 6.48. The van der Waals surface area contributed by atoms with Gasteiger partial charge in [-0.3, -0.25) is 4.79 Å². The van der Waals surface area contributed by atoms with Gasteiger partial charge < -0.3 is 15.5 Å². The molecule has 2 N–H and O–H groups in total. The summed E-state index contributed by atoms with van der Waals surface area (Å²) in [6.45, 7) is 12.6. The van der Waals surface area contributed by atoms with Crippen LogP contribution in [0.5, 0.6) is 0 Å². The molecule has 4 nitrogen and oxygen atoms in total. The highest BCUT2D eigenvalue weighted by Gasteiger charge is 2.13. The number of nitrogens with zero attached hydrogens (tertiary/aromatic N) is 1. The second kappa shape index (κ2) is 7.67. The first-order chi connectivity index (χ1) is 7.76. The molecule has 0 bridgehead atoms. The van der Waals surface area contributed by atoms with Crippen molar-refractivity contribution in [1.29, 1.82) is 0 Å². The lowest BCUT2D eigenvalue weighted by Gasteiger charge is -2.24. The summed E-state index contributed by atoms with van der Waals surface area (Å²) < 4.78 is 0. The smallest absolute Gasteiger partial charge is 0.234 e. The zero-order chi connectivity index (χ0) is 13.5. The van der Waals surface area contributed by atoms with E-state index in [0.717, 1.165) is 19.5 Å². The molecule has 17 heavy (non-hydrogen) atoms. The van der Waals surface area contributed by atoms with E-state index in [9.17, 15) is 4.79 Å². The summed E-state index contributed by atoms with van der Waals surface area (Å²) in [5.74, 6) is 0.0590. The fourth-order valence-corrected chi connectivity index (χ4v) is 1.45. The van der Waals surface area contributed by atoms with Gasteiger partial charge >= 0.3 is 0 Å². The molecular weight excluding hydrogens is 214 g/mol. The lowest BCUT2D eigenvalue weighted by molar-refractivity contribution is -0.121. The van der Waals surface area contributed by atoms with E-state index < -0.39 is 0 Å². The van der Waals surface area contributed by atoms with Crippen molar-refractivity contribution in [2.75, 3.05) is 26.7 Å². The monoisotopic (exact) mass is 243 g/mol. The summed E-state index contributed by atoms with van der Waals surface area (Å²) in [7, 11) is 2.12. The van der Waals surface area contributed by atoms with Crippen molar-refractivity contribution in [3.63, 3.8) is 0 Å². The Hall–Kier alpha value is -0.610. The second-order valence-electron chi connectivity index (χ2n) is 5.71. The Morgan fingerprint density at radius 2 is 1.94 bits per heavy atom. The van der Waals surface area contributed by atoms with Gasteiger partial charge in [-0.25, -0.2) is 0 Å². The summed E-state index contributed by atoms with van der Waals surface area (Å²) in [4.78, 5) is 13.8. The molecular formula is C13H29N3O. The lowest BCUT2D eigenvalue weighted by atomic mass is 10.1. The molecule has 0 fully saturated rings. The van der Waals surface area contributed by atoms with Gasteiger partial charge in [0.1, 0.15) is 0 Å². The van der Waals surface area contributed by atoms with Crippen molar-refractivity contribution >= 4 is 5.91 Å². The lowest BCUT2D eigenvalue weighted by Crippen LogP contribution is -2.46. The van der Waals surface area contributed by atoms with E-state index in [1.807, 2.05) is 20.8 Å². The highest BCUT2D eigenvalue weighted by Crippen LogP contribution is 1.98. The van der Waals surface area contributed by atoms with Crippen LogP contribution in [0.4, 0.5) is 0 Å². The van der Waals surface area contributed by atoms with Crippen molar-refractivity contribution in [1.82, 2.24) is 15.5 Å². The first kappa shape index (κ1) is 16.4. The fourth-order valence-electron chi connectivity index (χ4n) is 1.45. The number of amides is 1. The second-order valence-corrected chi connectivity index (χ2v) is 5.71. The maximum atomic E-state index is 11.5. The van der Waals surface area contributed by atoms with E-state index in [1.165, 1.54) is 0 Å². The number of rotatable bonds is 7. The van der Waals surface area contributed by atoms with Gasteiger partial charge in [-0.1, -0.05) is 6.92 Å². The number of nitrogens with one attached hydrogen (secondary N) is 2. The van der Waals surface area contributed by atoms with E-state index in [2.05, 4.69) is 36.4 Å². The molecule has 0 saturated carbocycles. The van der Waals surface area contributed by atoms with Gasteiger partial charge in [-0.2, -0.15) is 0 Å². The van der Waals surface area contributed by atoms with Gasteiger partial charge in [-0.15, -0.1) is 0 Å². The molecule has 0 aromatic heterocycles. The van der Waals surface area contributed by atoms with Crippen LogP contribution in [0.1, 0.15) is 41.0 Å². The highest BCUT2D eigenvalue weighted by molar-refractivity contribution is 5.78. The Labute approximate surface area is 106 Å². The number of hydrogen-bond acceptors (Lipinski definition) is 3. The maximum Gasteiger partial charge on any atom is 0.234 e. The van der Waals surface area contributed by atoms with Gasteiger partial charge in [0.2, 0.25) is 5.91 Å². The molecule has 0 aliphatic heterocycles. The highest BCUT2D eigenvalue weighted by atomic mass is 16.2. The molecule has 0 spiro atoms. The van der Waals surface area contributed by atoms with Gasteiger partial charge in [0.05, 0.1) is 6.54 Å². The minimum absolute atomic E-state index is 0.0590. The third-order valence-electron chi connectivity index (χ3n) is 2.78. The maximum absolute atomic E-state index is 11.5. The van der Waals surface area contributed by atoms with E-state index >= 15 is 0 Å². The molecule has 0 heterocycles. The summed E-state index contributed by atoms with van der Waals surface area (Å²) >= 11 is 0. The Balaban J connectivity index is 3.61. The van der Waals surface area contributed by atoms with Crippen LogP contribution in [0.2, 0.25) is 0 Å². The Bertz CT molecular complexity index is 223. The average molecular weight is 243 g/mol. The third-order valence-corrected chi connectivity index (χ3v) is 2.78. The van der Waals surface area contributed by atoms with Crippen LogP contribution in [0.3, 0.4) is 0 Å². The van der Waals surface area contributed by atoms with Crippen LogP contribution >= 0.6 is 0 Å². The summed E-state index contributed by atoms with van der Waals surface area (Å²) in [6, 6.07) is 0.597. The Morgan fingerprint density at radius 3 is 2.41 bits per heavy atom. The van der Waals surface area contributed by atoms with Crippen LogP contribution in [0.25, 0.3) is 0 Å². The molecule has 4 heteroatoms. The standard InChI is InChI=1S/C13H29N3O/c1-7-11(2)16(6)9-8-14-10-12(17)15-13(3,4)5/h11,14H,7-10H2,1-6H3,(H,15,17). The van der Waals surface area contributed by atoms with Crippen LogP contribution in [-0.2, 0) is 4.79 Å². The SMILES string of the molecule is CCC(C)N(C)CCNCC(=O)NC(C)(C)C. The van der Waals surface area contributed by atoms with Crippen molar-refractivity contribution in [3.8, 4) is 0 Å². The minimum atomic E-state index is -0.147. The molecule has 0 radical (unpaired) electrons. The van der Waals surface area contributed by atoms with Crippen molar-refractivity contribution in [2.45, 2.75) is 52.6 Å². The fraction of sp³-hybridized carbons (Fsp3) is 0.923. The number of hydrogen-bond donors (Lipinski definition) is 2. The predicted molar refractivity (Wildman–Crippen MR) is 73.1 cm³/mol. The zero-order valence-corrected chi connectivity index (χ0v) is 12.3. The van der Waals surface area contributed by atoms with Gasteiger partial charge in [0.15, 0.2) is 0 Å². The van der Waals surface area contributed by atoms with E-state index in [1.54, 1.807) is 0 Å². The van der Waals surface area contributed by atoms with E-state index in [0.29, 0.717) is 12.6 Å². The quantitative estimate of drug-likeness (QED) is 0.661. The van der Waals surface area contributed by atoms with Crippen LogP contribution in [0, 0.1) is 0 Å². The molecule has 0 aliphatic carbocycles. The third kappa shape index (κ3) is 9.12. The zero-order valence-electron chi connectivity index (χ0n) is 12.3. The largest absolute Gasteiger partial charge is 0.350 e. The van der Waals surface area contributed by atoms with Crippen LogP contribution in [0.15, 0.2) is 0 Å². The molecule has 102 valence electrons. The summed E-state index contributed by atoms with van der Waals surface area (Å²) in [5, 5.41) is 6.09. The molecule has 0 aromatic rings. The van der Waals surface area contributed by atoms with Gasteiger partial charge in [0.25, 0.3) is 0 Å². The normalized spacial score (nSPS) is 13.8. The Kier molecular flexibility index (Phi) is 7.39.